The Morgan fingerprint density at radius 3 is 2.31 bits per heavy atom. The second-order valence-corrected chi connectivity index (χ2v) is 12.0. The van der Waals surface area contributed by atoms with Gasteiger partial charge in [0.1, 0.15) is 5.60 Å². The van der Waals surface area contributed by atoms with Crippen LogP contribution >= 0.6 is 0 Å². The fourth-order valence-electron chi connectivity index (χ4n) is 6.52. The van der Waals surface area contributed by atoms with Crippen molar-refractivity contribution in [3.63, 3.8) is 0 Å². The van der Waals surface area contributed by atoms with Gasteiger partial charge in [0.25, 0.3) is 0 Å². The second kappa shape index (κ2) is 9.12. The number of nitrogens with zero attached hydrogens (tertiary/aromatic N) is 2. The molecule has 1 heterocycles. The lowest BCUT2D eigenvalue weighted by molar-refractivity contribution is -0.120. The maximum absolute atomic E-state index is 11.8. The van der Waals surface area contributed by atoms with Crippen molar-refractivity contribution in [1.29, 1.82) is 0 Å². The quantitative estimate of drug-likeness (QED) is 0.519. The number of rotatable bonds is 7. The van der Waals surface area contributed by atoms with E-state index in [1.54, 1.807) is 6.07 Å². The van der Waals surface area contributed by atoms with Crippen molar-refractivity contribution in [2.24, 2.45) is 11.8 Å². The lowest BCUT2D eigenvalue weighted by atomic mass is 9.74. The Bertz CT molecular complexity index is 1320. The molecule has 2 aliphatic rings. The maximum Gasteiger partial charge on any atom is 0.229 e. The van der Waals surface area contributed by atoms with E-state index in [9.17, 15) is 8.42 Å². The van der Waals surface area contributed by atoms with E-state index in [1.165, 1.54) is 28.3 Å². The zero-order valence-corrected chi connectivity index (χ0v) is 21.8. The van der Waals surface area contributed by atoms with Gasteiger partial charge in [-0.2, -0.15) is 0 Å². The summed E-state index contributed by atoms with van der Waals surface area (Å²) in [6.45, 7) is 2.83. The molecule has 1 saturated heterocycles. The molecule has 186 valence electrons. The Balaban J connectivity index is 1.42. The minimum atomic E-state index is -3.33. The molecule has 3 aromatic carbocycles. The molecule has 0 amide bonds. The molecule has 0 radical (unpaired) electrons. The van der Waals surface area contributed by atoms with E-state index in [2.05, 4.69) is 71.1 Å². The lowest BCUT2D eigenvalue weighted by Gasteiger charge is -2.47. The van der Waals surface area contributed by atoms with Gasteiger partial charge in [0.2, 0.25) is 10.0 Å². The van der Waals surface area contributed by atoms with Gasteiger partial charge in [-0.15, -0.1) is 0 Å². The summed E-state index contributed by atoms with van der Waals surface area (Å²) in [6, 6.07) is 21.0. The van der Waals surface area contributed by atoms with Gasteiger partial charge in [-0.05, 0) is 47.6 Å². The van der Waals surface area contributed by atoms with Crippen molar-refractivity contribution in [2.45, 2.75) is 25.0 Å². The summed E-state index contributed by atoms with van der Waals surface area (Å²) in [5.41, 5.74) is 3.87. The number of fused-ring (bicyclic) bond motifs is 3. The number of hydrogen-bond donors (Lipinski definition) is 1. The average Bonchev–Trinajstić information content (AvgIpc) is 3.01. The van der Waals surface area contributed by atoms with Gasteiger partial charge in [0.15, 0.2) is 0 Å². The molecule has 1 aliphatic heterocycles. The third kappa shape index (κ3) is 4.41. The fraction of sp³-hybridized carbons (Fsp3) is 0.429. The molecule has 0 aromatic heterocycles. The molecular weight excluding hydrogens is 458 g/mol. The Kier molecular flexibility index (Phi) is 6.28. The molecule has 2 atom stereocenters. The van der Waals surface area contributed by atoms with E-state index >= 15 is 0 Å². The number of piperidine rings is 1. The molecular formula is C28H35N3O3S. The van der Waals surface area contributed by atoms with Gasteiger partial charge in [-0.25, -0.2) is 8.42 Å². The van der Waals surface area contributed by atoms with Gasteiger partial charge in [0.05, 0.1) is 6.26 Å². The van der Waals surface area contributed by atoms with Crippen molar-refractivity contribution < 1.29 is 13.2 Å². The minimum absolute atomic E-state index is 0.354. The number of likely N-dealkylation sites (tertiary alicyclic amines) is 1. The highest BCUT2D eigenvalue weighted by atomic mass is 32.2. The van der Waals surface area contributed by atoms with E-state index in [-0.39, 0.29) is 5.60 Å². The first-order chi connectivity index (χ1) is 16.7. The molecule has 2 bridgehead atoms. The van der Waals surface area contributed by atoms with Gasteiger partial charge in [0, 0.05) is 69.4 Å². The summed E-state index contributed by atoms with van der Waals surface area (Å²) < 4.78 is 32.6. The average molecular weight is 494 g/mol. The van der Waals surface area contributed by atoms with Crippen molar-refractivity contribution in [2.75, 3.05) is 50.2 Å². The maximum atomic E-state index is 11.8. The molecule has 1 aliphatic carbocycles. The number of methoxy groups -OCH3 is 1. The molecule has 1 saturated carbocycles. The summed E-state index contributed by atoms with van der Waals surface area (Å²) in [7, 11) is 2.66. The number of nitrogens with one attached hydrogen (secondary N) is 1. The predicted molar refractivity (Wildman–Crippen MR) is 143 cm³/mol. The first-order valence-electron chi connectivity index (χ1n) is 12.2. The molecule has 7 heteroatoms. The Morgan fingerprint density at radius 2 is 1.69 bits per heavy atom. The summed E-state index contributed by atoms with van der Waals surface area (Å²) >= 11 is 0. The highest BCUT2D eigenvalue weighted by molar-refractivity contribution is 7.92. The SMILES string of the molecule is COC1(c2cccc(NS(C)(=O)=O)c2)C2CCC1CN(Cc1ccc(N(C)C)c3ccccc13)C2. The van der Waals surface area contributed by atoms with E-state index in [4.69, 9.17) is 4.74 Å². The van der Waals surface area contributed by atoms with Gasteiger partial charge < -0.3 is 9.64 Å². The van der Waals surface area contributed by atoms with Crippen LogP contribution in [0.3, 0.4) is 0 Å². The molecule has 1 N–H and O–H groups in total. The van der Waals surface area contributed by atoms with Crippen LogP contribution in [0, 0.1) is 11.8 Å². The highest BCUT2D eigenvalue weighted by Crippen LogP contribution is 2.54. The highest BCUT2D eigenvalue weighted by Gasteiger charge is 2.55. The predicted octanol–water partition coefficient (Wildman–Crippen LogP) is 4.66. The lowest BCUT2D eigenvalue weighted by Crippen LogP contribution is -2.52. The standard InChI is InChI=1S/C28H35N3O3S/c1-30(2)27-15-12-20(25-10-5-6-11-26(25)27)17-31-18-22-13-14-23(19-31)28(22,34-3)21-8-7-9-24(16-21)29-35(4,32)33/h5-12,15-16,22-23,29H,13-14,17-19H2,1-4H3. The number of benzene rings is 3. The largest absolute Gasteiger partial charge is 0.377 e. The number of anilines is 2. The minimum Gasteiger partial charge on any atom is -0.377 e. The third-order valence-electron chi connectivity index (χ3n) is 7.86. The molecule has 6 nitrogen and oxygen atoms in total. The van der Waals surface area contributed by atoms with E-state index in [1.807, 2.05) is 19.2 Å². The van der Waals surface area contributed by atoms with Crippen LogP contribution in [0.15, 0.2) is 60.7 Å². The smallest absolute Gasteiger partial charge is 0.229 e. The van der Waals surface area contributed by atoms with Crippen molar-refractivity contribution in [3.05, 3.63) is 71.8 Å². The van der Waals surface area contributed by atoms with Crippen LogP contribution in [0.2, 0.25) is 0 Å². The van der Waals surface area contributed by atoms with E-state index in [0.29, 0.717) is 17.5 Å². The van der Waals surface area contributed by atoms with E-state index < -0.39 is 10.0 Å². The fourth-order valence-corrected chi connectivity index (χ4v) is 7.08. The van der Waals surface area contributed by atoms with Crippen molar-refractivity contribution in [1.82, 2.24) is 4.90 Å². The monoisotopic (exact) mass is 493 g/mol. The van der Waals surface area contributed by atoms with Crippen LogP contribution in [0.25, 0.3) is 10.8 Å². The van der Waals surface area contributed by atoms with Crippen LogP contribution < -0.4 is 9.62 Å². The normalized spacial score (nSPS) is 24.6. The van der Waals surface area contributed by atoms with Crippen LogP contribution in [-0.4, -0.2) is 53.9 Å². The van der Waals surface area contributed by atoms with Crippen LogP contribution in [0.5, 0.6) is 0 Å². The topological polar surface area (TPSA) is 61.9 Å². The first-order valence-corrected chi connectivity index (χ1v) is 14.1. The van der Waals surface area contributed by atoms with Crippen molar-refractivity contribution >= 4 is 32.2 Å². The zero-order chi connectivity index (χ0) is 24.8. The van der Waals surface area contributed by atoms with Crippen molar-refractivity contribution in [3.8, 4) is 0 Å². The van der Waals surface area contributed by atoms with Crippen LogP contribution in [0.1, 0.15) is 24.0 Å². The van der Waals surface area contributed by atoms with Crippen LogP contribution in [0.4, 0.5) is 11.4 Å². The number of sulfonamides is 1. The number of hydrogen-bond acceptors (Lipinski definition) is 5. The molecule has 2 unspecified atom stereocenters. The Morgan fingerprint density at radius 1 is 1.00 bits per heavy atom. The van der Waals surface area contributed by atoms with Gasteiger partial charge in [-0.3, -0.25) is 9.62 Å². The molecule has 3 aromatic rings. The first kappa shape index (κ1) is 24.1. The van der Waals surface area contributed by atoms with Crippen LogP contribution in [-0.2, 0) is 26.9 Å². The molecule has 35 heavy (non-hydrogen) atoms. The summed E-state index contributed by atoms with van der Waals surface area (Å²) in [6.07, 6.45) is 3.40. The second-order valence-electron chi connectivity index (χ2n) is 10.3. The van der Waals surface area contributed by atoms with Gasteiger partial charge in [-0.1, -0.05) is 42.5 Å². The Labute approximate surface area is 208 Å². The summed E-state index contributed by atoms with van der Waals surface area (Å²) in [5, 5.41) is 2.60. The molecule has 0 spiro atoms. The number of ether oxygens (including phenoxy) is 1. The van der Waals surface area contributed by atoms with Gasteiger partial charge >= 0.3 is 0 Å². The zero-order valence-electron chi connectivity index (χ0n) is 21.0. The van der Waals surface area contributed by atoms with E-state index in [0.717, 1.165) is 38.0 Å². The summed E-state index contributed by atoms with van der Waals surface area (Å²) in [4.78, 5) is 4.75. The Hall–Kier alpha value is -2.61. The summed E-state index contributed by atoms with van der Waals surface area (Å²) in [5.74, 6) is 0.707. The molecule has 2 fully saturated rings. The molecule has 5 rings (SSSR count). The third-order valence-corrected chi connectivity index (χ3v) is 8.46.